The van der Waals surface area contributed by atoms with E-state index in [1.165, 1.54) is 0 Å². The number of fused-ring (bicyclic) bond motifs is 1. The van der Waals surface area contributed by atoms with Crippen molar-refractivity contribution >= 4 is 16.3 Å². The Morgan fingerprint density at radius 1 is 1.53 bits per heavy atom. The monoisotopic (exact) mass is 281 g/mol. The predicted octanol–water partition coefficient (Wildman–Crippen LogP) is 1.56. The van der Waals surface area contributed by atoms with Gasteiger partial charge in [-0.2, -0.15) is 9.61 Å². The summed E-state index contributed by atoms with van der Waals surface area (Å²) in [7, 11) is 0. The highest BCUT2D eigenvalue weighted by atomic mass is 32.1. The average molecular weight is 281 g/mol. The highest BCUT2D eigenvalue weighted by molar-refractivity contribution is 7.16. The Balaban J connectivity index is 1.77. The van der Waals surface area contributed by atoms with E-state index >= 15 is 0 Å². The van der Waals surface area contributed by atoms with Crippen LogP contribution in [-0.2, 0) is 11.2 Å². The van der Waals surface area contributed by atoms with Crippen molar-refractivity contribution in [2.75, 3.05) is 13.2 Å². The molecule has 0 spiro atoms. The van der Waals surface area contributed by atoms with Crippen LogP contribution in [0.1, 0.15) is 43.1 Å². The maximum Gasteiger partial charge on any atom is 0.234 e. The van der Waals surface area contributed by atoms with Crippen LogP contribution in [0.15, 0.2) is 0 Å². The van der Waals surface area contributed by atoms with Crippen LogP contribution in [-0.4, -0.2) is 33.0 Å². The first-order valence-corrected chi connectivity index (χ1v) is 7.62. The number of aryl methyl sites for hydroxylation is 1. The van der Waals surface area contributed by atoms with E-state index in [1.807, 2.05) is 4.52 Å². The van der Waals surface area contributed by atoms with Gasteiger partial charge in [0.2, 0.25) is 4.96 Å². The molecule has 0 amide bonds. The molecule has 0 saturated carbocycles. The minimum Gasteiger partial charge on any atom is -0.370 e. The molecule has 1 aliphatic rings. The molecule has 2 aromatic rings. The van der Waals surface area contributed by atoms with Crippen molar-refractivity contribution in [3.8, 4) is 0 Å². The van der Waals surface area contributed by atoms with Crippen LogP contribution in [0.5, 0.6) is 0 Å². The van der Waals surface area contributed by atoms with Gasteiger partial charge in [-0.05, 0) is 31.7 Å². The Hall–Kier alpha value is -1.05. The highest BCUT2D eigenvalue weighted by Crippen LogP contribution is 2.28. The van der Waals surface area contributed by atoms with Gasteiger partial charge in [-0.1, -0.05) is 18.3 Å². The Kier molecular flexibility index (Phi) is 3.76. The summed E-state index contributed by atoms with van der Waals surface area (Å²) in [5, 5.41) is 14.1. The molecule has 19 heavy (non-hydrogen) atoms. The van der Waals surface area contributed by atoms with Gasteiger partial charge in [0.05, 0.1) is 0 Å². The Labute approximate surface area is 116 Å². The van der Waals surface area contributed by atoms with E-state index in [0.29, 0.717) is 5.92 Å². The molecule has 2 N–H and O–H groups in total. The zero-order valence-electron chi connectivity index (χ0n) is 11.1. The average Bonchev–Trinajstić information content (AvgIpc) is 3.10. The first-order chi connectivity index (χ1) is 9.28. The molecule has 0 aliphatic carbocycles. The van der Waals surface area contributed by atoms with Crippen LogP contribution in [0.2, 0.25) is 0 Å². The van der Waals surface area contributed by atoms with E-state index < -0.39 is 0 Å². The zero-order valence-corrected chi connectivity index (χ0v) is 11.9. The number of aromatic nitrogens is 4. The van der Waals surface area contributed by atoms with Crippen LogP contribution < -0.4 is 5.73 Å². The summed E-state index contributed by atoms with van der Waals surface area (Å²) >= 11 is 1.61. The summed E-state index contributed by atoms with van der Waals surface area (Å²) in [6, 6.07) is 0. The molecule has 2 aromatic heterocycles. The molecule has 2 atom stereocenters. The molecule has 3 rings (SSSR count). The number of hydrogen-bond donors (Lipinski definition) is 1. The predicted molar refractivity (Wildman–Crippen MR) is 73.1 cm³/mol. The van der Waals surface area contributed by atoms with Gasteiger partial charge in [-0.25, -0.2) is 0 Å². The molecule has 1 saturated heterocycles. The molecule has 104 valence electrons. The molecule has 0 bridgehead atoms. The van der Waals surface area contributed by atoms with E-state index in [4.69, 9.17) is 10.5 Å². The van der Waals surface area contributed by atoms with Gasteiger partial charge in [0, 0.05) is 13.0 Å². The van der Waals surface area contributed by atoms with Crippen LogP contribution in [0.3, 0.4) is 0 Å². The van der Waals surface area contributed by atoms with E-state index in [0.717, 1.165) is 54.6 Å². The largest absolute Gasteiger partial charge is 0.370 e. The normalized spacial score (nSPS) is 21.3. The summed E-state index contributed by atoms with van der Waals surface area (Å²) in [6.07, 6.45) is 4.18. The fourth-order valence-corrected chi connectivity index (χ4v) is 3.10. The first kappa shape index (κ1) is 13.0. The van der Waals surface area contributed by atoms with Gasteiger partial charge in [0.1, 0.15) is 11.1 Å². The zero-order chi connectivity index (χ0) is 13.2. The van der Waals surface area contributed by atoms with Crippen molar-refractivity contribution in [3.05, 3.63) is 10.8 Å². The maximum absolute atomic E-state index is 5.66. The standard InChI is InChI=1S/C12H19N5OS/c1-8(7-13)4-5-10-16-17-11(9-3-2-6-18-9)14-15-12(17)19-10/h8-9H,2-7,13H2,1H3. The van der Waals surface area contributed by atoms with Crippen molar-refractivity contribution in [1.82, 2.24) is 19.8 Å². The Bertz CT molecular complexity index is 545. The van der Waals surface area contributed by atoms with Gasteiger partial charge >= 0.3 is 0 Å². The molecular weight excluding hydrogens is 262 g/mol. The number of ether oxygens (including phenoxy) is 1. The van der Waals surface area contributed by atoms with Gasteiger partial charge in [0.15, 0.2) is 5.82 Å². The molecule has 0 radical (unpaired) electrons. The molecule has 6 nitrogen and oxygen atoms in total. The van der Waals surface area contributed by atoms with E-state index in [1.54, 1.807) is 11.3 Å². The van der Waals surface area contributed by atoms with Crippen molar-refractivity contribution in [2.24, 2.45) is 11.7 Å². The highest BCUT2D eigenvalue weighted by Gasteiger charge is 2.24. The molecule has 3 heterocycles. The van der Waals surface area contributed by atoms with Gasteiger partial charge in [-0.15, -0.1) is 10.2 Å². The smallest absolute Gasteiger partial charge is 0.234 e. The fourth-order valence-electron chi connectivity index (χ4n) is 2.24. The first-order valence-electron chi connectivity index (χ1n) is 6.80. The maximum atomic E-state index is 5.66. The molecule has 0 aromatic carbocycles. The van der Waals surface area contributed by atoms with Crippen LogP contribution in [0.25, 0.3) is 4.96 Å². The van der Waals surface area contributed by atoms with Gasteiger partial charge in [0.25, 0.3) is 0 Å². The second kappa shape index (κ2) is 5.52. The molecule has 7 heteroatoms. The lowest BCUT2D eigenvalue weighted by molar-refractivity contribution is 0.103. The molecule has 1 aliphatic heterocycles. The summed E-state index contributed by atoms with van der Waals surface area (Å²) < 4.78 is 7.51. The number of hydrogen-bond acceptors (Lipinski definition) is 6. The van der Waals surface area contributed by atoms with Crippen molar-refractivity contribution in [1.29, 1.82) is 0 Å². The van der Waals surface area contributed by atoms with Crippen LogP contribution >= 0.6 is 11.3 Å². The molecule has 1 fully saturated rings. The topological polar surface area (TPSA) is 78.3 Å². The van der Waals surface area contributed by atoms with Crippen molar-refractivity contribution in [3.63, 3.8) is 0 Å². The van der Waals surface area contributed by atoms with Crippen molar-refractivity contribution in [2.45, 2.75) is 38.7 Å². The SMILES string of the molecule is CC(CN)CCc1nn2c(C3CCCO3)nnc2s1. The van der Waals surface area contributed by atoms with Crippen LogP contribution in [0.4, 0.5) is 0 Å². The Morgan fingerprint density at radius 2 is 2.42 bits per heavy atom. The Morgan fingerprint density at radius 3 is 3.16 bits per heavy atom. The third kappa shape index (κ3) is 2.63. The quantitative estimate of drug-likeness (QED) is 0.900. The van der Waals surface area contributed by atoms with E-state index in [2.05, 4.69) is 22.2 Å². The van der Waals surface area contributed by atoms with Crippen LogP contribution in [0, 0.1) is 5.92 Å². The summed E-state index contributed by atoms with van der Waals surface area (Å²) in [5.41, 5.74) is 5.64. The molecular formula is C12H19N5OS. The lowest BCUT2D eigenvalue weighted by Gasteiger charge is -2.05. The summed E-state index contributed by atoms with van der Waals surface area (Å²) in [4.78, 5) is 0.862. The van der Waals surface area contributed by atoms with Gasteiger partial charge < -0.3 is 10.5 Å². The number of nitrogens with two attached hydrogens (primary N) is 1. The lowest BCUT2D eigenvalue weighted by atomic mass is 10.1. The number of nitrogens with zero attached hydrogens (tertiary/aromatic N) is 4. The van der Waals surface area contributed by atoms with E-state index in [-0.39, 0.29) is 6.10 Å². The number of rotatable bonds is 5. The second-order valence-electron chi connectivity index (χ2n) is 5.13. The molecule has 2 unspecified atom stereocenters. The van der Waals surface area contributed by atoms with E-state index in [9.17, 15) is 0 Å². The van der Waals surface area contributed by atoms with Gasteiger partial charge in [-0.3, -0.25) is 0 Å². The summed E-state index contributed by atoms with van der Waals surface area (Å²) in [5.74, 6) is 1.38. The fraction of sp³-hybridized carbons (Fsp3) is 0.750. The minimum absolute atomic E-state index is 0.0629. The van der Waals surface area contributed by atoms with Crippen molar-refractivity contribution < 1.29 is 4.74 Å². The third-order valence-corrected chi connectivity index (χ3v) is 4.49. The minimum atomic E-state index is 0.0629. The third-order valence-electron chi connectivity index (χ3n) is 3.53. The second-order valence-corrected chi connectivity index (χ2v) is 6.17. The lowest BCUT2D eigenvalue weighted by Crippen LogP contribution is -2.11. The summed E-state index contributed by atoms with van der Waals surface area (Å²) in [6.45, 7) is 3.70.